The zero-order chi connectivity index (χ0) is 25.2. The Morgan fingerprint density at radius 2 is 1.94 bits per heavy atom. The second-order valence-corrected chi connectivity index (χ2v) is 10.2. The zero-order valence-electron chi connectivity index (χ0n) is 20.1. The lowest BCUT2D eigenvalue weighted by molar-refractivity contribution is 0.0970. The molecule has 4 aromatic rings. The van der Waals surface area contributed by atoms with Crippen LogP contribution < -0.4 is 15.1 Å². The number of nitrogens with zero attached hydrogens (tertiary/aromatic N) is 3. The minimum absolute atomic E-state index is 0.0151. The third-order valence-corrected chi connectivity index (χ3v) is 7.37. The molecule has 2 aromatic heterocycles. The van der Waals surface area contributed by atoms with Crippen LogP contribution in [-0.2, 0) is 6.42 Å². The quantitative estimate of drug-likeness (QED) is 0.231. The highest BCUT2D eigenvalue weighted by molar-refractivity contribution is 7.15. The lowest BCUT2D eigenvalue weighted by Gasteiger charge is -2.22. The van der Waals surface area contributed by atoms with Crippen molar-refractivity contribution in [2.24, 2.45) is 0 Å². The molecule has 0 N–H and O–H groups in total. The number of amides is 1. The zero-order valence-corrected chi connectivity index (χ0v) is 21.7. The van der Waals surface area contributed by atoms with Gasteiger partial charge in [0, 0.05) is 11.4 Å². The minimum atomic E-state index is -0.728. The first kappa shape index (κ1) is 24.5. The number of unbranched alkanes of at least 4 members (excludes halogenated alkanes) is 2. The smallest absolute Gasteiger partial charge is 0.297 e. The number of ether oxygens (including phenoxy) is 1. The summed E-state index contributed by atoms with van der Waals surface area (Å²) in [5.41, 5.74) is 1.03. The Kier molecular flexibility index (Phi) is 7.07. The average Bonchev–Trinajstić information content (AvgIpc) is 3.45. The van der Waals surface area contributed by atoms with Crippen molar-refractivity contribution in [3.63, 3.8) is 0 Å². The van der Waals surface area contributed by atoms with E-state index in [-0.39, 0.29) is 16.8 Å². The van der Waals surface area contributed by atoms with E-state index < -0.39 is 11.9 Å². The number of carbonyl (C=O) groups is 1. The van der Waals surface area contributed by atoms with Gasteiger partial charge in [0.15, 0.2) is 5.43 Å². The molecule has 186 valence electrons. The molecular formula is C27H26ClN3O4S. The highest BCUT2D eigenvalue weighted by Gasteiger charge is 2.45. The van der Waals surface area contributed by atoms with Gasteiger partial charge in [0.25, 0.3) is 5.91 Å². The van der Waals surface area contributed by atoms with Gasteiger partial charge in [0.1, 0.15) is 16.3 Å². The maximum atomic E-state index is 13.8. The normalized spacial score (nSPS) is 15.0. The number of halogens is 1. The fourth-order valence-electron chi connectivity index (χ4n) is 4.43. The average molecular weight is 524 g/mol. The number of rotatable bonds is 9. The van der Waals surface area contributed by atoms with E-state index in [0.717, 1.165) is 42.7 Å². The molecule has 0 fully saturated rings. The number of hydrogen-bond acceptors (Lipinski definition) is 7. The number of aryl methyl sites for hydroxylation is 1. The lowest BCUT2D eigenvalue weighted by Crippen LogP contribution is -2.29. The molecule has 1 amide bonds. The van der Waals surface area contributed by atoms with Crippen LogP contribution in [0.5, 0.6) is 5.75 Å². The monoisotopic (exact) mass is 523 g/mol. The molecule has 0 aliphatic carbocycles. The number of carbonyl (C=O) groups excluding carboxylic acids is 1. The molecule has 3 heterocycles. The molecule has 1 aliphatic heterocycles. The predicted octanol–water partition coefficient (Wildman–Crippen LogP) is 6.57. The summed E-state index contributed by atoms with van der Waals surface area (Å²) in [6.45, 7) is 4.81. The van der Waals surface area contributed by atoms with Gasteiger partial charge in [-0.05, 0) is 48.7 Å². The third-order valence-electron chi connectivity index (χ3n) is 6.15. The van der Waals surface area contributed by atoms with E-state index >= 15 is 0 Å². The summed E-state index contributed by atoms with van der Waals surface area (Å²) < 4.78 is 12.0. The van der Waals surface area contributed by atoms with Crippen molar-refractivity contribution in [3.05, 3.63) is 79.6 Å². The van der Waals surface area contributed by atoms with Crippen LogP contribution in [-0.4, -0.2) is 22.7 Å². The van der Waals surface area contributed by atoms with Gasteiger partial charge in [0.05, 0.1) is 23.6 Å². The van der Waals surface area contributed by atoms with Crippen LogP contribution in [0.4, 0.5) is 5.13 Å². The molecule has 7 nitrogen and oxygen atoms in total. The Morgan fingerprint density at radius 3 is 2.75 bits per heavy atom. The molecule has 9 heteroatoms. The summed E-state index contributed by atoms with van der Waals surface area (Å²) in [7, 11) is 0. The number of anilines is 1. The number of benzene rings is 2. The van der Waals surface area contributed by atoms with Crippen LogP contribution in [0.2, 0.25) is 5.02 Å². The van der Waals surface area contributed by atoms with Gasteiger partial charge in [-0.15, -0.1) is 10.2 Å². The van der Waals surface area contributed by atoms with Gasteiger partial charge in [-0.1, -0.05) is 61.8 Å². The largest absolute Gasteiger partial charge is 0.494 e. The van der Waals surface area contributed by atoms with E-state index in [1.165, 1.54) is 16.2 Å². The molecule has 0 bridgehead atoms. The van der Waals surface area contributed by atoms with Gasteiger partial charge in [0.2, 0.25) is 10.9 Å². The third kappa shape index (κ3) is 4.51. The van der Waals surface area contributed by atoms with Gasteiger partial charge in [-0.3, -0.25) is 14.5 Å². The molecule has 0 saturated heterocycles. The highest BCUT2D eigenvalue weighted by Crippen LogP contribution is 2.43. The molecule has 1 aliphatic rings. The van der Waals surface area contributed by atoms with Crippen molar-refractivity contribution in [1.29, 1.82) is 0 Å². The van der Waals surface area contributed by atoms with Crippen molar-refractivity contribution >= 4 is 44.9 Å². The molecular weight excluding hydrogens is 498 g/mol. The molecule has 2 aromatic carbocycles. The van der Waals surface area contributed by atoms with Gasteiger partial charge >= 0.3 is 0 Å². The Labute approximate surface area is 217 Å². The van der Waals surface area contributed by atoms with E-state index in [2.05, 4.69) is 24.0 Å². The topological polar surface area (TPSA) is 85.5 Å². The van der Waals surface area contributed by atoms with E-state index in [1.54, 1.807) is 18.2 Å². The summed E-state index contributed by atoms with van der Waals surface area (Å²) in [4.78, 5) is 29.0. The molecule has 1 atom stereocenters. The Balaban J connectivity index is 1.65. The van der Waals surface area contributed by atoms with E-state index in [1.807, 2.05) is 24.3 Å². The summed E-state index contributed by atoms with van der Waals surface area (Å²) in [5.74, 6) is 0.278. The van der Waals surface area contributed by atoms with Crippen LogP contribution in [0.1, 0.15) is 72.3 Å². The summed E-state index contributed by atoms with van der Waals surface area (Å²) in [6, 6.07) is 11.6. The number of hydrogen-bond donors (Lipinski definition) is 0. The summed E-state index contributed by atoms with van der Waals surface area (Å²) >= 11 is 7.53. The van der Waals surface area contributed by atoms with E-state index in [0.29, 0.717) is 33.5 Å². The van der Waals surface area contributed by atoms with Crippen molar-refractivity contribution in [2.45, 2.75) is 52.0 Å². The first-order valence-electron chi connectivity index (χ1n) is 12.2. The molecule has 0 radical (unpaired) electrons. The second kappa shape index (κ2) is 10.4. The van der Waals surface area contributed by atoms with Crippen LogP contribution >= 0.6 is 22.9 Å². The summed E-state index contributed by atoms with van der Waals surface area (Å²) in [6.07, 6.45) is 4.83. The lowest BCUT2D eigenvalue weighted by atomic mass is 9.98. The van der Waals surface area contributed by atoms with Crippen LogP contribution in [0.3, 0.4) is 0 Å². The second-order valence-electron chi connectivity index (χ2n) is 8.75. The molecule has 36 heavy (non-hydrogen) atoms. The number of fused-ring (bicyclic) bond motifs is 2. The molecule has 0 spiro atoms. The van der Waals surface area contributed by atoms with Crippen LogP contribution in [0.15, 0.2) is 51.7 Å². The Morgan fingerprint density at radius 1 is 1.08 bits per heavy atom. The predicted molar refractivity (Wildman–Crippen MR) is 142 cm³/mol. The Bertz CT molecular complexity index is 1480. The first-order valence-corrected chi connectivity index (χ1v) is 13.4. The summed E-state index contributed by atoms with van der Waals surface area (Å²) in [5, 5.41) is 10.6. The Hall–Kier alpha value is -3.23. The van der Waals surface area contributed by atoms with Crippen molar-refractivity contribution in [3.8, 4) is 5.75 Å². The fraction of sp³-hybridized carbons (Fsp3) is 0.333. The molecule has 1 unspecified atom stereocenters. The van der Waals surface area contributed by atoms with Crippen molar-refractivity contribution in [2.75, 3.05) is 11.5 Å². The number of aromatic nitrogens is 2. The van der Waals surface area contributed by atoms with Gasteiger partial charge in [-0.2, -0.15) is 0 Å². The van der Waals surface area contributed by atoms with Crippen molar-refractivity contribution in [1.82, 2.24) is 10.2 Å². The van der Waals surface area contributed by atoms with E-state index in [9.17, 15) is 9.59 Å². The maximum absolute atomic E-state index is 13.8. The van der Waals surface area contributed by atoms with Gasteiger partial charge < -0.3 is 9.15 Å². The standard InChI is InChI=1S/C27H26ClN3O4S/c1-3-5-6-13-34-18-10-7-9-16(14-18)23-22-24(32)19-15-17(28)11-12-20(19)35-25(22)26(33)31(23)27-30-29-21(36-27)8-4-2/h7,9-12,14-15,23H,3-6,8,13H2,1-2H3. The minimum Gasteiger partial charge on any atom is -0.494 e. The molecule has 5 rings (SSSR count). The fourth-order valence-corrected chi connectivity index (χ4v) is 5.57. The van der Waals surface area contributed by atoms with Crippen LogP contribution in [0.25, 0.3) is 11.0 Å². The first-order chi connectivity index (χ1) is 17.5. The highest BCUT2D eigenvalue weighted by atomic mass is 35.5. The SMILES string of the molecule is CCCCCOc1cccc(C2c3c(oc4ccc(Cl)cc4c3=O)C(=O)N2c2nnc(CCC)s2)c1. The van der Waals surface area contributed by atoms with E-state index in [4.69, 9.17) is 20.8 Å². The van der Waals surface area contributed by atoms with Crippen LogP contribution in [0, 0.1) is 0 Å². The molecule has 0 saturated carbocycles. The maximum Gasteiger partial charge on any atom is 0.297 e. The van der Waals surface area contributed by atoms with Gasteiger partial charge in [-0.25, -0.2) is 0 Å². The van der Waals surface area contributed by atoms with Crippen molar-refractivity contribution < 1.29 is 13.9 Å².